The number of aliphatic hydroxyl groups is 2. The van der Waals surface area contributed by atoms with Gasteiger partial charge >= 0.3 is 0 Å². The maximum absolute atomic E-state index is 13.0. The van der Waals surface area contributed by atoms with Gasteiger partial charge in [0, 0.05) is 25.0 Å². The molecule has 5 N–H and O–H groups in total. The summed E-state index contributed by atoms with van der Waals surface area (Å²) in [6.07, 6.45) is -2.18. The molecule has 47 heavy (non-hydrogen) atoms. The Morgan fingerprint density at radius 2 is 1.62 bits per heavy atom. The Morgan fingerprint density at radius 3 is 2.26 bits per heavy atom. The van der Waals surface area contributed by atoms with Gasteiger partial charge in [-0.25, -0.2) is 4.98 Å². The third-order valence-corrected chi connectivity index (χ3v) is 9.04. The van der Waals surface area contributed by atoms with Crippen molar-refractivity contribution in [2.45, 2.75) is 88.1 Å². The van der Waals surface area contributed by atoms with Crippen LogP contribution >= 0.6 is 0 Å². The van der Waals surface area contributed by atoms with E-state index in [1.807, 2.05) is 57.2 Å². The number of anilines is 2. The first-order chi connectivity index (χ1) is 22.7. The van der Waals surface area contributed by atoms with Gasteiger partial charge in [-0.2, -0.15) is 9.97 Å². The van der Waals surface area contributed by atoms with Crippen LogP contribution < -0.4 is 16.0 Å². The van der Waals surface area contributed by atoms with Crippen molar-refractivity contribution in [1.82, 2.24) is 24.8 Å². The summed E-state index contributed by atoms with van der Waals surface area (Å²) in [5.41, 5.74) is 3.28. The van der Waals surface area contributed by atoms with Crippen molar-refractivity contribution >= 4 is 28.8 Å². The smallest absolute Gasteiger partial charge is 0.252 e. The van der Waals surface area contributed by atoms with Gasteiger partial charge in [0.15, 0.2) is 35.1 Å². The van der Waals surface area contributed by atoms with Gasteiger partial charge in [0.2, 0.25) is 5.95 Å². The van der Waals surface area contributed by atoms with Crippen molar-refractivity contribution in [3.63, 3.8) is 0 Å². The predicted octanol–water partition coefficient (Wildman–Crippen LogP) is 2.92. The van der Waals surface area contributed by atoms with Gasteiger partial charge in [0.1, 0.15) is 12.2 Å². The van der Waals surface area contributed by atoms with E-state index in [0.29, 0.717) is 48.9 Å². The zero-order valence-electron chi connectivity index (χ0n) is 26.6. The SMILES string of the molecule is CCNC(=O)[C@H]1O[C@H](n2cnc3c(NCC(c4ccccc4)c4ccccc4)nc(NC4CC(O)C(O)C4)nc32)[C@@H]2OC(C)(C)O[C@@H]21. The van der Waals surface area contributed by atoms with Crippen molar-refractivity contribution in [2.75, 3.05) is 23.7 Å². The molecule has 0 bridgehead atoms. The van der Waals surface area contributed by atoms with Crippen LogP contribution in [0.3, 0.4) is 0 Å². The fraction of sp³-hybridized carbons (Fsp3) is 0.471. The molecule has 13 heteroatoms. The summed E-state index contributed by atoms with van der Waals surface area (Å²) in [5, 5.41) is 30.1. The molecule has 2 aliphatic heterocycles. The highest BCUT2D eigenvalue weighted by Crippen LogP contribution is 2.44. The van der Waals surface area contributed by atoms with E-state index in [-0.39, 0.29) is 17.9 Å². The number of fused-ring (bicyclic) bond motifs is 2. The maximum Gasteiger partial charge on any atom is 0.252 e. The minimum absolute atomic E-state index is 0.0177. The number of carbonyl (C=O) groups excluding carboxylic acids is 1. The number of hydrogen-bond donors (Lipinski definition) is 5. The number of nitrogens with zero attached hydrogens (tertiary/aromatic N) is 4. The van der Waals surface area contributed by atoms with Crippen molar-refractivity contribution in [1.29, 1.82) is 0 Å². The van der Waals surface area contributed by atoms with Crippen LogP contribution in [0.1, 0.15) is 56.9 Å². The summed E-state index contributed by atoms with van der Waals surface area (Å²) in [5.74, 6) is -0.361. The molecular weight excluding hydrogens is 602 g/mol. The molecule has 1 saturated carbocycles. The van der Waals surface area contributed by atoms with E-state index < -0.39 is 42.5 Å². The standard InChI is InChI=1S/C34H41N7O6/c1-4-35-31(44)27-26-28(47-34(2,3)46-26)32(45-27)41-18-37-25-29(39-33(40-30(25)41)38-21-15-23(42)24(43)16-21)36-17-22(19-11-7-5-8-12-19)20-13-9-6-10-14-20/h5-14,18,21-24,26-28,32,42-43H,4,15-17H2,1-3H3,(H,35,44)(H2,36,38,39,40)/t21?,23?,24?,26-,27+,28-,32+/m1/s1. The molecule has 248 valence electrons. The highest BCUT2D eigenvalue weighted by Gasteiger charge is 2.58. The Morgan fingerprint density at radius 1 is 0.979 bits per heavy atom. The Labute approximate surface area is 272 Å². The van der Waals surface area contributed by atoms with Crippen molar-refractivity contribution in [2.24, 2.45) is 0 Å². The normalized spacial score (nSPS) is 28.1. The summed E-state index contributed by atoms with van der Waals surface area (Å²) in [4.78, 5) is 27.5. The molecule has 2 aromatic carbocycles. The lowest BCUT2D eigenvalue weighted by atomic mass is 9.91. The van der Waals surface area contributed by atoms with Crippen molar-refractivity contribution < 1.29 is 29.2 Å². The van der Waals surface area contributed by atoms with E-state index in [9.17, 15) is 15.0 Å². The van der Waals surface area contributed by atoms with Crippen LogP contribution in [-0.4, -0.2) is 91.1 Å². The molecule has 7 rings (SSSR count). The van der Waals surface area contributed by atoms with Crippen LogP contribution in [0.25, 0.3) is 11.2 Å². The second kappa shape index (κ2) is 12.8. The van der Waals surface area contributed by atoms with E-state index in [4.69, 9.17) is 29.2 Å². The van der Waals surface area contributed by atoms with Gasteiger partial charge in [0.25, 0.3) is 5.91 Å². The Hall–Kier alpha value is -4.14. The molecule has 1 aliphatic carbocycles. The zero-order valence-corrected chi connectivity index (χ0v) is 26.6. The number of rotatable bonds is 10. The van der Waals surface area contributed by atoms with Gasteiger partial charge in [-0.15, -0.1) is 0 Å². The monoisotopic (exact) mass is 643 g/mol. The Balaban J connectivity index is 1.26. The molecule has 2 aromatic heterocycles. The number of hydrogen-bond acceptors (Lipinski definition) is 11. The van der Waals surface area contributed by atoms with Crippen LogP contribution in [0.2, 0.25) is 0 Å². The largest absolute Gasteiger partial charge is 0.390 e. The van der Waals surface area contributed by atoms with Crippen LogP contribution in [-0.2, 0) is 19.0 Å². The number of carbonyl (C=O) groups is 1. The molecule has 3 fully saturated rings. The summed E-state index contributed by atoms with van der Waals surface area (Å²) < 4.78 is 20.5. The predicted molar refractivity (Wildman–Crippen MR) is 174 cm³/mol. The topological polar surface area (TPSA) is 165 Å². The number of aliphatic hydroxyl groups excluding tert-OH is 2. The summed E-state index contributed by atoms with van der Waals surface area (Å²) in [7, 11) is 0. The van der Waals surface area contributed by atoms with E-state index in [2.05, 4.69) is 40.2 Å². The minimum atomic E-state index is -0.916. The zero-order chi connectivity index (χ0) is 32.7. The minimum Gasteiger partial charge on any atom is -0.390 e. The molecule has 0 radical (unpaired) electrons. The summed E-state index contributed by atoms with van der Waals surface area (Å²) >= 11 is 0. The third-order valence-electron chi connectivity index (χ3n) is 9.04. The lowest BCUT2D eigenvalue weighted by Gasteiger charge is -2.24. The number of imidazole rings is 1. The molecule has 4 heterocycles. The van der Waals surface area contributed by atoms with E-state index >= 15 is 0 Å². The van der Waals surface area contributed by atoms with E-state index in [1.165, 1.54) is 0 Å². The van der Waals surface area contributed by atoms with E-state index in [1.54, 1.807) is 10.9 Å². The number of aromatic nitrogens is 4. The lowest BCUT2D eigenvalue weighted by Crippen LogP contribution is -2.42. The molecule has 13 nitrogen and oxygen atoms in total. The summed E-state index contributed by atoms with van der Waals surface area (Å²) in [6, 6.07) is 20.3. The number of ether oxygens (including phenoxy) is 3. The van der Waals surface area contributed by atoms with Crippen LogP contribution in [0.15, 0.2) is 67.0 Å². The second-order valence-corrected chi connectivity index (χ2v) is 12.8. The number of likely N-dealkylation sites (N-methyl/N-ethyl adjacent to an activating group) is 1. The average Bonchev–Trinajstić information content (AvgIpc) is 3.79. The molecule has 0 spiro atoms. The quantitative estimate of drug-likeness (QED) is 0.173. The highest BCUT2D eigenvalue weighted by molar-refractivity contribution is 5.85. The Bertz CT molecular complexity index is 1650. The fourth-order valence-corrected chi connectivity index (χ4v) is 6.87. The van der Waals surface area contributed by atoms with Gasteiger partial charge in [-0.05, 0) is 44.7 Å². The molecule has 3 aliphatic rings. The second-order valence-electron chi connectivity index (χ2n) is 12.8. The van der Waals surface area contributed by atoms with Gasteiger partial charge in [0.05, 0.1) is 18.5 Å². The third kappa shape index (κ3) is 6.29. The van der Waals surface area contributed by atoms with Gasteiger partial charge in [-0.1, -0.05) is 60.7 Å². The van der Waals surface area contributed by atoms with Crippen LogP contribution in [0, 0.1) is 0 Å². The highest BCUT2D eigenvalue weighted by atomic mass is 16.8. The maximum atomic E-state index is 13.0. The first-order valence-electron chi connectivity index (χ1n) is 16.2. The van der Waals surface area contributed by atoms with Crippen molar-refractivity contribution in [3.8, 4) is 0 Å². The first kappa shape index (κ1) is 31.5. The Kier molecular flexibility index (Phi) is 8.57. The number of benzene rings is 2. The van der Waals surface area contributed by atoms with Crippen LogP contribution in [0.4, 0.5) is 11.8 Å². The molecular formula is C34H41N7O6. The molecule has 2 unspecified atom stereocenters. The van der Waals surface area contributed by atoms with Gasteiger partial charge in [-0.3, -0.25) is 9.36 Å². The molecule has 2 saturated heterocycles. The average molecular weight is 644 g/mol. The number of amides is 1. The number of nitrogens with one attached hydrogen (secondary N) is 3. The summed E-state index contributed by atoms with van der Waals surface area (Å²) in [6.45, 7) is 6.45. The lowest BCUT2D eigenvalue weighted by molar-refractivity contribution is -0.197. The van der Waals surface area contributed by atoms with Gasteiger partial charge < -0.3 is 40.4 Å². The molecule has 1 amide bonds. The molecule has 4 aromatic rings. The van der Waals surface area contributed by atoms with Crippen LogP contribution in [0.5, 0.6) is 0 Å². The van der Waals surface area contributed by atoms with E-state index in [0.717, 1.165) is 11.1 Å². The first-order valence-corrected chi connectivity index (χ1v) is 16.2. The fourth-order valence-electron chi connectivity index (χ4n) is 6.87. The molecule has 6 atom stereocenters. The van der Waals surface area contributed by atoms with Crippen molar-refractivity contribution in [3.05, 3.63) is 78.1 Å².